The van der Waals surface area contributed by atoms with Crippen LogP contribution in [0.4, 0.5) is 0 Å². The molecule has 3 rings (SSSR count). The molecule has 0 amide bonds. The zero-order valence-electron chi connectivity index (χ0n) is 11.3. The maximum Gasteiger partial charge on any atom is 0.0567 e. The van der Waals surface area contributed by atoms with Crippen LogP contribution >= 0.6 is 0 Å². The number of hydrogen-bond donors (Lipinski definition) is 1. The third-order valence-electron chi connectivity index (χ3n) is 4.10. The Morgan fingerprint density at radius 2 is 2.00 bits per heavy atom. The average molecular weight is 252 g/mol. The van der Waals surface area contributed by atoms with Crippen LogP contribution in [-0.2, 0) is 0 Å². The Morgan fingerprint density at radius 3 is 2.68 bits per heavy atom. The molecule has 2 N–H and O–H groups in total. The first kappa shape index (κ1) is 12.4. The van der Waals surface area contributed by atoms with Gasteiger partial charge in [0.1, 0.15) is 0 Å². The van der Waals surface area contributed by atoms with Gasteiger partial charge < -0.3 is 5.73 Å². The highest BCUT2D eigenvalue weighted by atomic mass is 14.7. The van der Waals surface area contributed by atoms with Crippen molar-refractivity contribution in [3.05, 3.63) is 65.0 Å². The van der Waals surface area contributed by atoms with E-state index in [4.69, 9.17) is 5.73 Å². The summed E-state index contributed by atoms with van der Waals surface area (Å²) in [6, 6.07) is 10.8. The van der Waals surface area contributed by atoms with E-state index in [1.54, 1.807) is 0 Å². The molecule has 2 heteroatoms. The topological polar surface area (TPSA) is 38.9 Å². The Kier molecular flexibility index (Phi) is 3.34. The number of aryl methyl sites for hydroxylation is 1. The largest absolute Gasteiger partial charge is 0.320 e. The van der Waals surface area contributed by atoms with Crippen molar-refractivity contribution in [2.75, 3.05) is 0 Å². The second kappa shape index (κ2) is 5.14. The molecule has 0 saturated heterocycles. The number of hydrogen-bond acceptors (Lipinski definition) is 2. The van der Waals surface area contributed by atoms with E-state index in [-0.39, 0.29) is 6.04 Å². The van der Waals surface area contributed by atoms with Gasteiger partial charge in [0.25, 0.3) is 0 Å². The van der Waals surface area contributed by atoms with Crippen LogP contribution in [0.15, 0.2) is 42.7 Å². The molecule has 19 heavy (non-hydrogen) atoms. The van der Waals surface area contributed by atoms with Crippen molar-refractivity contribution in [3.8, 4) is 0 Å². The van der Waals surface area contributed by atoms with Gasteiger partial charge in [0, 0.05) is 12.4 Å². The van der Waals surface area contributed by atoms with Gasteiger partial charge in [-0.1, -0.05) is 36.8 Å². The lowest BCUT2D eigenvalue weighted by Crippen LogP contribution is -2.14. The van der Waals surface area contributed by atoms with Crippen LogP contribution in [0.5, 0.6) is 0 Å². The molecule has 0 aliphatic heterocycles. The molecular formula is C17H20N2. The first-order valence-electron chi connectivity index (χ1n) is 7.01. The SMILES string of the molecule is Cc1cncc(C(N)c2cccc(C3CCC3)c2)c1. The van der Waals surface area contributed by atoms with Crippen LogP contribution in [0.2, 0.25) is 0 Å². The summed E-state index contributed by atoms with van der Waals surface area (Å²) < 4.78 is 0. The lowest BCUT2D eigenvalue weighted by Gasteiger charge is -2.26. The molecule has 1 aromatic carbocycles. The number of pyridine rings is 1. The van der Waals surface area contributed by atoms with Crippen LogP contribution in [0.3, 0.4) is 0 Å². The van der Waals surface area contributed by atoms with E-state index in [2.05, 4.69) is 35.3 Å². The van der Waals surface area contributed by atoms with Crippen molar-refractivity contribution in [1.82, 2.24) is 4.98 Å². The Labute approximate surface area is 114 Å². The zero-order valence-corrected chi connectivity index (χ0v) is 11.3. The summed E-state index contributed by atoms with van der Waals surface area (Å²) >= 11 is 0. The highest BCUT2D eigenvalue weighted by Crippen LogP contribution is 2.37. The standard InChI is InChI=1S/C17H20N2/c1-12-8-16(11-19-10-12)17(18)15-7-3-6-14(9-15)13-4-2-5-13/h3,6-11,13,17H,2,4-5,18H2,1H3. The van der Waals surface area contributed by atoms with Crippen LogP contribution in [0.25, 0.3) is 0 Å². The maximum atomic E-state index is 6.37. The molecule has 1 heterocycles. The minimum Gasteiger partial charge on any atom is -0.320 e. The second-order valence-corrected chi connectivity index (χ2v) is 5.57. The van der Waals surface area contributed by atoms with Crippen molar-refractivity contribution >= 4 is 0 Å². The van der Waals surface area contributed by atoms with Gasteiger partial charge in [-0.25, -0.2) is 0 Å². The molecule has 2 nitrogen and oxygen atoms in total. The predicted molar refractivity (Wildman–Crippen MR) is 78.0 cm³/mol. The monoisotopic (exact) mass is 252 g/mol. The van der Waals surface area contributed by atoms with E-state index in [0.29, 0.717) is 0 Å². The third kappa shape index (κ3) is 2.54. The molecule has 1 aromatic heterocycles. The fourth-order valence-electron chi connectivity index (χ4n) is 2.69. The molecule has 1 aliphatic carbocycles. The summed E-state index contributed by atoms with van der Waals surface area (Å²) in [7, 11) is 0. The lowest BCUT2D eigenvalue weighted by atomic mass is 9.79. The lowest BCUT2D eigenvalue weighted by molar-refractivity contribution is 0.419. The average Bonchev–Trinajstić information content (AvgIpc) is 2.36. The van der Waals surface area contributed by atoms with Gasteiger partial charge >= 0.3 is 0 Å². The van der Waals surface area contributed by atoms with E-state index in [9.17, 15) is 0 Å². The maximum absolute atomic E-state index is 6.37. The molecule has 0 radical (unpaired) electrons. The van der Waals surface area contributed by atoms with E-state index < -0.39 is 0 Å². The minimum atomic E-state index is -0.0765. The molecule has 1 fully saturated rings. The smallest absolute Gasteiger partial charge is 0.0567 e. The van der Waals surface area contributed by atoms with E-state index in [0.717, 1.165) is 17.0 Å². The Morgan fingerprint density at radius 1 is 1.16 bits per heavy atom. The molecule has 1 aliphatic rings. The number of benzene rings is 1. The van der Waals surface area contributed by atoms with Crippen molar-refractivity contribution in [1.29, 1.82) is 0 Å². The molecule has 1 saturated carbocycles. The van der Waals surface area contributed by atoms with Crippen LogP contribution in [0.1, 0.15) is 53.5 Å². The molecule has 0 bridgehead atoms. The predicted octanol–water partition coefficient (Wildman–Crippen LogP) is 3.71. The highest BCUT2D eigenvalue weighted by Gasteiger charge is 2.20. The Hall–Kier alpha value is -1.67. The molecule has 1 atom stereocenters. The summed E-state index contributed by atoms with van der Waals surface area (Å²) in [6.07, 6.45) is 7.74. The number of rotatable bonds is 3. The fourth-order valence-corrected chi connectivity index (χ4v) is 2.69. The molecule has 1 unspecified atom stereocenters. The first-order valence-corrected chi connectivity index (χ1v) is 7.01. The van der Waals surface area contributed by atoms with E-state index in [1.807, 2.05) is 19.3 Å². The Bertz CT molecular complexity index is 573. The molecular weight excluding hydrogens is 232 g/mol. The van der Waals surface area contributed by atoms with E-state index >= 15 is 0 Å². The van der Waals surface area contributed by atoms with E-state index in [1.165, 1.54) is 30.4 Å². The van der Waals surface area contributed by atoms with Gasteiger partial charge in [-0.3, -0.25) is 4.98 Å². The minimum absolute atomic E-state index is 0.0765. The fraction of sp³-hybridized carbons (Fsp3) is 0.353. The second-order valence-electron chi connectivity index (χ2n) is 5.57. The van der Waals surface area contributed by atoms with Crippen molar-refractivity contribution in [2.24, 2.45) is 5.73 Å². The van der Waals surface area contributed by atoms with Crippen molar-refractivity contribution in [2.45, 2.75) is 38.1 Å². The summed E-state index contributed by atoms with van der Waals surface area (Å²) in [5, 5.41) is 0. The Balaban J connectivity index is 1.88. The first-order chi connectivity index (χ1) is 9.24. The number of nitrogens with two attached hydrogens (primary N) is 1. The number of nitrogens with zero attached hydrogens (tertiary/aromatic N) is 1. The third-order valence-corrected chi connectivity index (χ3v) is 4.10. The summed E-state index contributed by atoms with van der Waals surface area (Å²) in [5.74, 6) is 0.753. The molecule has 98 valence electrons. The normalized spacial score (nSPS) is 16.9. The van der Waals surface area contributed by atoms with Gasteiger partial charge in [-0.05, 0) is 47.9 Å². The summed E-state index contributed by atoms with van der Waals surface area (Å²) in [4.78, 5) is 4.24. The summed E-state index contributed by atoms with van der Waals surface area (Å²) in [6.45, 7) is 2.05. The highest BCUT2D eigenvalue weighted by molar-refractivity contribution is 5.35. The van der Waals surface area contributed by atoms with Gasteiger partial charge in [-0.2, -0.15) is 0 Å². The summed E-state index contributed by atoms with van der Waals surface area (Å²) in [5.41, 5.74) is 11.3. The molecule has 0 spiro atoms. The van der Waals surface area contributed by atoms with Gasteiger partial charge in [0.2, 0.25) is 0 Å². The van der Waals surface area contributed by atoms with Gasteiger partial charge in [0.15, 0.2) is 0 Å². The van der Waals surface area contributed by atoms with Gasteiger partial charge in [-0.15, -0.1) is 0 Å². The van der Waals surface area contributed by atoms with Gasteiger partial charge in [0.05, 0.1) is 6.04 Å². The number of aromatic nitrogens is 1. The molecule has 2 aromatic rings. The quantitative estimate of drug-likeness (QED) is 0.904. The van der Waals surface area contributed by atoms with Crippen LogP contribution < -0.4 is 5.73 Å². The van der Waals surface area contributed by atoms with Crippen molar-refractivity contribution < 1.29 is 0 Å². The zero-order chi connectivity index (χ0) is 13.2. The van der Waals surface area contributed by atoms with Crippen molar-refractivity contribution in [3.63, 3.8) is 0 Å². The van der Waals surface area contributed by atoms with Crippen LogP contribution in [-0.4, -0.2) is 4.98 Å². The van der Waals surface area contributed by atoms with Crippen LogP contribution in [0, 0.1) is 6.92 Å².